The molecule has 23 heavy (non-hydrogen) atoms. The summed E-state index contributed by atoms with van der Waals surface area (Å²) in [5.41, 5.74) is 1.04. The third kappa shape index (κ3) is 4.41. The number of carbonyl (C=O) groups is 1. The minimum atomic E-state index is -4.79. The van der Waals surface area contributed by atoms with Crippen molar-refractivity contribution in [3.05, 3.63) is 53.3 Å². The van der Waals surface area contributed by atoms with Gasteiger partial charge in [0.15, 0.2) is 0 Å². The van der Waals surface area contributed by atoms with Crippen LogP contribution < -0.4 is 4.74 Å². The molecule has 0 N–H and O–H groups in total. The Morgan fingerprint density at radius 2 is 1.96 bits per heavy atom. The van der Waals surface area contributed by atoms with Crippen LogP contribution in [0, 0.1) is 6.92 Å². The van der Waals surface area contributed by atoms with E-state index in [0.29, 0.717) is 11.3 Å². The van der Waals surface area contributed by atoms with Gasteiger partial charge in [-0.25, -0.2) is 0 Å². The number of nitrogens with zero attached hydrogens (tertiary/aromatic N) is 3. The number of alkyl halides is 3. The Morgan fingerprint density at radius 3 is 2.61 bits per heavy atom. The van der Waals surface area contributed by atoms with Crippen LogP contribution in [0.3, 0.4) is 0 Å². The number of aryl methyl sites for hydroxylation is 1. The zero-order chi connectivity index (χ0) is 17.0. The molecule has 0 aliphatic rings. The van der Waals surface area contributed by atoms with Crippen molar-refractivity contribution in [2.45, 2.75) is 19.8 Å². The molecule has 2 rings (SSSR count). The van der Waals surface area contributed by atoms with E-state index >= 15 is 0 Å². The van der Waals surface area contributed by atoms with Gasteiger partial charge in [0.1, 0.15) is 5.75 Å². The molecule has 0 saturated heterocycles. The molecule has 0 saturated carbocycles. The molecule has 2 aromatic rings. The van der Waals surface area contributed by atoms with Crippen molar-refractivity contribution < 1.29 is 22.7 Å². The van der Waals surface area contributed by atoms with Crippen molar-refractivity contribution in [2.24, 2.45) is 0 Å². The summed E-state index contributed by atoms with van der Waals surface area (Å²) in [7, 11) is 1.49. The van der Waals surface area contributed by atoms with Gasteiger partial charge in [0, 0.05) is 19.2 Å². The summed E-state index contributed by atoms with van der Waals surface area (Å²) in [6.07, 6.45) is -3.40. The molecule has 0 radical (unpaired) electrons. The fraction of sp³-hybridized carbons (Fsp3) is 0.267. The van der Waals surface area contributed by atoms with Gasteiger partial charge in [0.25, 0.3) is 5.91 Å². The summed E-state index contributed by atoms with van der Waals surface area (Å²) >= 11 is 0. The first-order chi connectivity index (χ1) is 10.8. The first-order valence-electron chi connectivity index (χ1n) is 6.65. The normalized spacial score (nSPS) is 11.2. The van der Waals surface area contributed by atoms with Crippen LogP contribution in [0.1, 0.15) is 21.6 Å². The minimum absolute atomic E-state index is 0.0349. The Hall–Kier alpha value is -2.64. The van der Waals surface area contributed by atoms with E-state index in [1.54, 1.807) is 13.0 Å². The Balaban J connectivity index is 2.19. The van der Waals surface area contributed by atoms with E-state index in [-0.39, 0.29) is 23.8 Å². The second-order valence-electron chi connectivity index (χ2n) is 4.85. The maximum Gasteiger partial charge on any atom is 0.573 e. The van der Waals surface area contributed by atoms with Crippen molar-refractivity contribution in [2.75, 3.05) is 7.05 Å². The summed E-state index contributed by atoms with van der Waals surface area (Å²) in [6.45, 7) is 1.60. The van der Waals surface area contributed by atoms with Gasteiger partial charge in [0.2, 0.25) is 0 Å². The summed E-state index contributed by atoms with van der Waals surface area (Å²) < 4.78 is 41.2. The third-order valence-corrected chi connectivity index (χ3v) is 3.09. The molecule has 0 bridgehead atoms. The molecule has 1 amide bonds. The quantitative estimate of drug-likeness (QED) is 0.867. The first kappa shape index (κ1) is 16.7. The smallest absolute Gasteiger partial charge is 0.405 e. The van der Waals surface area contributed by atoms with Crippen LogP contribution in [-0.2, 0) is 6.54 Å². The van der Waals surface area contributed by atoms with Crippen LogP contribution in [0.5, 0.6) is 5.75 Å². The number of ether oxygens (including phenoxy) is 1. The molecule has 5 nitrogen and oxygen atoms in total. The molecule has 122 valence electrons. The van der Waals surface area contributed by atoms with Crippen molar-refractivity contribution in [1.29, 1.82) is 0 Å². The highest BCUT2D eigenvalue weighted by atomic mass is 19.4. The van der Waals surface area contributed by atoms with E-state index in [1.165, 1.54) is 42.4 Å². The van der Waals surface area contributed by atoms with Gasteiger partial charge in [-0.2, -0.15) is 10.2 Å². The first-order valence-corrected chi connectivity index (χ1v) is 6.65. The molecule has 0 atom stereocenters. The number of aromatic nitrogens is 2. The number of amides is 1. The van der Waals surface area contributed by atoms with Crippen LogP contribution in [0.2, 0.25) is 0 Å². The zero-order valence-electron chi connectivity index (χ0n) is 12.5. The molecule has 0 unspecified atom stereocenters. The van der Waals surface area contributed by atoms with Crippen LogP contribution in [0.25, 0.3) is 0 Å². The molecule has 8 heteroatoms. The highest BCUT2D eigenvalue weighted by Crippen LogP contribution is 2.27. The second-order valence-corrected chi connectivity index (χ2v) is 4.85. The van der Waals surface area contributed by atoms with E-state index in [2.05, 4.69) is 14.9 Å². The van der Waals surface area contributed by atoms with Gasteiger partial charge in [-0.05, 0) is 19.1 Å². The molecule has 0 fully saturated rings. The minimum Gasteiger partial charge on any atom is -0.405 e. The standard InChI is InChI=1S/C15H14F3N3O2/c1-10-12(7-8-19-20-10)14(22)21(2)9-11-5-3-4-6-13(11)23-15(16,17)18/h3-8H,9H2,1-2H3. The molecule has 1 aromatic carbocycles. The van der Waals surface area contributed by atoms with E-state index in [0.717, 1.165) is 0 Å². The molecule has 0 spiro atoms. The lowest BCUT2D eigenvalue weighted by Gasteiger charge is -2.20. The van der Waals surface area contributed by atoms with Gasteiger partial charge in [0.05, 0.1) is 17.5 Å². The Bertz CT molecular complexity index is 704. The van der Waals surface area contributed by atoms with Gasteiger partial charge < -0.3 is 9.64 Å². The number of hydrogen-bond donors (Lipinski definition) is 0. The van der Waals surface area contributed by atoms with E-state index in [9.17, 15) is 18.0 Å². The predicted molar refractivity (Wildman–Crippen MR) is 75.7 cm³/mol. The number of hydrogen-bond acceptors (Lipinski definition) is 4. The van der Waals surface area contributed by atoms with E-state index in [1.807, 2.05) is 0 Å². The SMILES string of the molecule is Cc1nnccc1C(=O)N(C)Cc1ccccc1OC(F)(F)F. The molecule has 0 aliphatic heterocycles. The Kier molecular flexibility index (Phi) is 4.83. The monoisotopic (exact) mass is 325 g/mol. The Morgan fingerprint density at radius 1 is 1.26 bits per heavy atom. The van der Waals surface area contributed by atoms with E-state index in [4.69, 9.17) is 0 Å². The maximum absolute atomic E-state index is 12.4. The van der Waals surface area contributed by atoms with E-state index < -0.39 is 6.36 Å². The number of para-hydroxylation sites is 1. The van der Waals surface area contributed by atoms with Crippen molar-refractivity contribution in [3.8, 4) is 5.75 Å². The van der Waals surface area contributed by atoms with Crippen molar-refractivity contribution in [1.82, 2.24) is 15.1 Å². The van der Waals surface area contributed by atoms with Crippen LogP contribution in [0.15, 0.2) is 36.5 Å². The summed E-state index contributed by atoms with van der Waals surface area (Å²) in [5, 5.41) is 7.44. The average molecular weight is 325 g/mol. The summed E-state index contributed by atoms with van der Waals surface area (Å²) in [4.78, 5) is 13.7. The van der Waals surface area contributed by atoms with Gasteiger partial charge in [-0.3, -0.25) is 4.79 Å². The fourth-order valence-electron chi connectivity index (χ4n) is 2.02. The molecule has 1 aromatic heterocycles. The van der Waals surface area contributed by atoms with Crippen LogP contribution in [0.4, 0.5) is 13.2 Å². The summed E-state index contributed by atoms with van der Waals surface area (Å²) in [5.74, 6) is -0.691. The topological polar surface area (TPSA) is 55.3 Å². The van der Waals surface area contributed by atoms with Crippen LogP contribution in [-0.4, -0.2) is 34.4 Å². The van der Waals surface area contributed by atoms with Crippen LogP contribution >= 0.6 is 0 Å². The molecule has 1 heterocycles. The third-order valence-electron chi connectivity index (χ3n) is 3.09. The number of benzene rings is 1. The summed E-state index contributed by atoms with van der Waals surface area (Å²) in [6, 6.07) is 7.21. The van der Waals surface area contributed by atoms with Crippen molar-refractivity contribution in [3.63, 3.8) is 0 Å². The number of halogens is 3. The van der Waals surface area contributed by atoms with Gasteiger partial charge >= 0.3 is 6.36 Å². The largest absolute Gasteiger partial charge is 0.573 e. The number of rotatable bonds is 4. The predicted octanol–water partition coefficient (Wildman–Crippen LogP) is 2.96. The number of carbonyl (C=O) groups excluding carboxylic acids is 1. The highest BCUT2D eigenvalue weighted by molar-refractivity contribution is 5.94. The molecule has 0 aliphatic carbocycles. The van der Waals surface area contributed by atoms with Crippen molar-refractivity contribution >= 4 is 5.91 Å². The Labute approximate surface area is 130 Å². The lowest BCUT2D eigenvalue weighted by Crippen LogP contribution is -2.28. The fourth-order valence-corrected chi connectivity index (χ4v) is 2.02. The zero-order valence-corrected chi connectivity index (χ0v) is 12.5. The maximum atomic E-state index is 12.4. The molecular formula is C15H14F3N3O2. The lowest BCUT2D eigenvalue weighted by atomic mass is 10.1. The highest BCUT2D eigenvalue weighted by Gasteiger charge is 2.32. The molecular weight excluding hydrogens is 311 g/mol. The van der Waals surface area contributed by atoms with Gasteiger partial charge in [-0.1, -0.05) is 18.2 Å². The average Bonchev–Trinajstić information content (AvgIpc) is 2.47. The van der Waals surface area contributed by atoms with Gasteiger partial charge in [-0.15, -0.1) is 13.2 Å². The lowest BCUT2D eigenvalue weighted by molar-refractivity contribution is -0.274. The second kappa shape index (κ2) is 6.64.